The van der Waals surface area contributed by atoms with Crippen molar-refractivity contribution < 1.29 is 33.3 Å². The Kier molecular flexibility index (Phi) is 25.0. The SMILES string of the molecule is CC.CC/C=C/CNC(=O)COCCOC(N)COc1cccc(NC(=O)CCOCCOCCNC(C)C)c1. The Balaban J connectivity index is 0.00000742. The molecular weight excluding hydrogens is 516 g/mol. The number of rotatable bonds is 23. The van der Waals surface area contributed by atoms with Crippen molar-refractivity contribution in [2.75, 3.05) is 71.3 Å². The average molecular weight is 569 g/mol. The van der Waals surface area contributed by atoms with Gasteiger partial charge in [0.25, 0.3) is 0 Å². The number of hydrogen-bond acceptors (Lipinski definition) is 9. The molecule has 0 aliphatic rings. The first-order chi connectivity index (χ1) is 19.4. The van der Waals surface area contributed by atoms with Crippen molar-refractivity contribution in [2.45, 2.75) is 59.7 Å². The summed E-state index contributed by atoms with van der Waals surface area (Å²) < 4.78 is 27.3. The molecular formula is C29H52N4O7. The number of benzene rings is 1. The lowest BCUT2D eigenvalue weighted by atomic mass is 10.3. The third-order valence-corrected chi connectivity index (χ3v) is 4.79. The summed E-state index contributed by atoms with van der Waals surface area (Å²) in [5.74, 6) is 0.205. The van der Waals surface area contributed by atoms with E-state index in [-0.39, 0.29) is 44.7 Å². The first kappa shape index (κ1) is 37.5. The van der Waals surface area contributed by atoms with Crippen LogP contribution in [0.25, 0.3) is 0 Å². The molecule has 1 aromatic carbocycles. The largest absolute Gasteiger partial charge is 0.489 e. The van der Waals surface area contributed by atoms with Crippen LogP contribution in [0.4, 0.5) is 5.69 Å². The van der Waals surface area contributed by atoms with Crippen LogP contribution >= 0.6 is 0 Å². The van der Waals surface area contributed by atoms with Crippen LogP contribution in [0.3, 0.4) is 0 Å². The fourth-order valence-corrected chi connectivity index (χ4v) is 2.92. The van der Waals surface area contributed by atoms with Crippen LogP contribution in [-0.2, 0) is 28.5 Å². The number of amides is 2. The molecule has 11 nitrogen and oxygen atoms in total. The lowest BCUT2D eigenvalue weighted by Gasteiger charge is -2.15. The molecule has 0 radical (unpaired) electrons. The highest BCUT2D eigenvalue weighted by Gasteiger charge is 2.07. The maximum atomic E-state index is 12.2. The standard InChI is InChI=1S/C27H46N4O7.C2H6/c1-4-5-6-11-30-27(33)21-36-17-18-37-25(28)20-38-24-9-7-8-23(19-24)31-26(32)10-13-34-15-16-35-14-12-29-22(2)3;1-2/h5-9,19,22,25,29H,4,10-18,20-21,28H2,1-3H3,(H,30,33)(H,31,32);1-2H3/b6-5+;. The van der Waals surface area contributed by atoms with Crippen LogP contribution < -0.4 is 26.4 Å². The lowest BCUT2D eigenvalue weighted by Crippen LogP contribution is -2.33. The van der Waals surface area contributed by atoms with Gasteiger partial charge < -0.3 is 45.4 Å². The fourth-order valence-electron chi connectivity index (χ4n) is 2.92. The Morgan fingerprint density at radius 2 is 1.68 bits per heavy atom. The Morgan fingerprint density at radius 1 is 0.950 bits per heavy atom. The number of carbonyl (C=O) groups excluding carboxylic acids is 2. The van der Waals surface area contributed by atoms with Crippen LogP contribution in [0.15, 0.2) is 36.4 Å². The Hall–Kier alpha value is -2.54. The van der Waals surface area contributed by atoms with Crippen molar-refractivity contribution in [3.05, 3.63) is 36.4 Å². The molecule has 11 heteroatoms. The molecule has 5 N–H and O–H groups in total. The van der Waals surface area contributed by atoms with E-state index in [2.05, 4.69) is 29.8 Å². The van der Waals surface area contributed by atoms with Crippen LogP contribution in [0.1, 0.15) is 47.5 Å². The normalized spacial score (nSPS) is 11.7. The third-order valence-electron chi connectivity index (χ3n) is 4.79. The van der Waals surface area contributed by atoms with E-state index in [4.69, 9.17) is 29.4 Å². The molecule has 0 fully saturated rings. The van der Waals surface area contributed by atoms with E-state index in [1.54, 1.807) is 24.3 Å². The average Bonchev–Trinajstić information content (AvgIpc) is 2.94. The van der Waals surface area contributed by atoms with Crippen LogP contribution in [-0.4, -0.2) is 90.0 Å². The molecule has 0 aliphatic heterocycles. The third kappa shape index (κ3) is 23.4. The number of hydrogen-bond donors (Lipinski definition) is 4. The molecule has 1 atom stereocenters. The van der Waals surface area contributed by atoms with Crippen LogP contribution in [0, 0.1) is 0 Å². The molecule has 2 amide bonds. The molecule has 40 heavy (non-hydrogen) atoms. The minimum absolute atomic E-state index is 0.0371. The van der Waals surface area contributed by atoms with Gasteiger partial charge in [-0.15, -0.1) is 0 Å². The number of ether oxygens (including phenoxy) is 5. The predicted molar refractivity (Wildman–Crippen MR) is 158 cm³/mol. The van der Waals surface area contributed by atoms with Gasteiger partial charge in [-0.3, -0.25) is 9.59 Å². The first-order valence-electron chi connectivity index (χ1n) is 14.2. The second-order valence-electron chi connectivity index (χ2n) is 8.62. The van der Waals surface area contributed by atoms with E-state index in [0.717, 1.165) is 13.0 Å². The van der Waals surface area contributed by atoms with Crippen molar-refractivity contribution in [3.63, 3.8) is 0 Å². The maximum absolute atomic E-state index is 12.2. The van der Waals surface area contributed by atoms with Gasteiger partial charge in [-0.2, -0.15) is 0 Å². The van der Waals surface area contributed by atoms with Gasteiger partial charge in [-0.25, -0.2) is 0 Å². The maximum Gasteiger partial charge on any atom is 0.246 e. The zero-order chi connectivity index (χ0) is 29.8. The Labute approximate surface area is 240 Å². The number of carbonyl (C=O) groups is 2. The predicted octanol–water partition coefficient (Wildman–Crippen LogP) is 2.85. The zero-order valence-electron chi connectivity index (χ0n) is 25.0. The molecule has 1 unspecified atom stereocenters. The second-order valence-corrected chi connectivity index (χ2v) is 8.62. The molecule has 0 bridgehead atoms. The zero-order valence-corrected chi connectivity index (χ0v) is 25.0. The van der Waals surface area contributed by atoms with Gasteiger partial charge in [0.15, 0.2) is 0 Å². The van der Waals surface area contributed by atoms with E-state index in [1.807, 2.05) is 32.9 Å². The number of allylic oxidation sites excluding steroid dienone is 1. The summed E-state index contributed by atoms with van der Waals surface area (Å²) in [6, 6.07) is 7.46. The van der Waals surface area contributed by atoms with Gasteiger partial charge in [0.2, 0.25) is 11.8 Å². The molecule has 0 saturated carbocycles. The van der Waals surface area contributed by atoms with Crippen molar-refractivity contribution in [1.29, 1.82) is 0 Å². The van der Waals surface area contributed by atoms with Crippen molar-refractivity contribution >= 4 is 17.5 Å². The molecule has 0 aromatic heterocycles. The summed E-state index contributed by atoms with van der Waals surface area (Å²) >= 11 is 0. The van der Waals surface area contributed by atoms with Crippen LogP contribution in [0.2, 0.25) is 0 Å². The van der Waals surface area contributed by atoms with Gasteiger partial charge in [-0.05, 0) is 18.6 Å². The lowest BCUT2D eigenvalue weighted by molar-refractivity contribution is -0.126. The Bertz CT molecular complexity index is 793. The smallest absolute Gasteiger partial charge is 0.246 e. The molecule has 0 spiro atoms. The molecule has 0 aliphatic carbocycles. The summed E-state index contributed by atoms with van der Waals surface area (Å²) in [4.78, 5) is 23.8. The molecule has 0 saturated heterocycles. The van der Waals surface area contributed by atoms with Gasteiger partial charge >= 0.3 is 0 Å². The molecule has 230 valence electrons. The molecule has 1 rings (SSSR count). The quantitative estimate of drug-likeness (QED) is 0.0890. The monoisotopic (exact) mass is 568 g/mol. The van der Waals surface area contributed by atoms with Crippen molar-refractivity contribution in [1.82, 2.24) is 10.6 Å². The van der Waals surface area contributed by atoms with Crippen molar-refractivity contribution in [3.8, 4) is 5.75 Å². The van der Waals surface area contributed by atoms with Gasteiger partial charge in [-0.1, -0.05) is 52.8 Å². The van der Waals surface area contributed by atoms with Crippen LogP contribution in [0.5, 0.6) is 5.75 Å². The number of anilines is 1. The summed E-state index contributed by atoms with van der Waals surface area (Å²) in [7, 11) is 0. The summed E-state index contributed by atoms with van der Waals surface area (Å²) in [5.41, 5.74) is 6.53. The summed E-state index contributed by atoms with van der Waals surface area (Å²) in [6.07, 6.45) is 4.37. The second kappa shape index (κ2) is 26.7. The van der Waals surface area contributed by atoms with Gasteiger partial charge in [0.1, 0.15) is 25.2 Å². The van der Waals surface area contributed by atoms with Gasteiger partial charge in [0, 0.05) is 30.9 Å². The van der Waals surface area contributed by atoms with E-state index < -0.39 is 6.23 Å². The minimum Gasteiger partial charge on any atom is -0.489 e. The highest BCUT2D eigenvalue weighted by molar-refractivity contribution is 5.90. The molecule has 0 heterocycles. The fraction of sp³-hybridized carbons (Fsp3) is 0.655. The first-order valence-corrected chi connectivity index (χ1v) is 14.2. The van der Waals surface area contributed by atoms with Crippen molar-refractivity contribution in [2.24, 2.45) is 5.73 Å². The van der Waals surface area contributed by atoms with E-state index in [9.17, 15) is 9.59 Å². The topological polar surface area (TPSA) is 142 Å². The minimum atomic E-state index is -0.669. The highest BCUT2D eigenvalue weighted by atomic mass is 16.6. The number of nitrogens with one attached hydrogen (secondary N) is 3. The van der Waals surface area contributed by atoms with E-state index in [0.29, 0.717) is 50.5 Å². The van der Waals surface area contributed by atoms with E-state index in [1.165, 1.54) is 0 Å². The summed E-state index contributed by atoms with van der Waals surface area (Å²) in [5, 5.41) is 8.81. The highest BCUT2D eigenvalue weighted by Crippen LogP contribution is 2.17. The Morgan fingerprint density at radius 3 is 2.40 bits per heavy atom. The molecule has 1 aromatic rings. The summed E-state index contributed by atoms with van der Waals surface area (Å²) in [6.45, 7) is 13.9. The van der Waals surface area contributed by atoms with Gasteiger partial charge in [0.05, 0.1) is 46.1 Å². The number of nitrogens with two attached hydrogens (primary N) is 1. The van der Waals surface area contributed by atoms with E-state index >= 15 is 0 Å².